The van der Waals surface area contributed by atoms with Crippen molar-refractivity contribution in [1.82, 2.24) is 4.90 Å². The average molecular weight is 314 g/mol. The van der Waals surface area contributed by atoms with Crippen LogP contribution in [0.15, 0.2) is 24.3 Å². The number of benzene rings is 1. The van der Waals surface area contributed by atoms with E-state index >= 15 is 0 Å². The molecule has 0 aliphatic carbocycles. The number of aliphatic hydroxyl groups is 1. The van der Waals surface area contributed by atoms with Gasteiger partial charge in [-0.25, -0.2) is 0 Å². The van der Waals surface area contributed by atoms with Crippen molar-refractivity contribution in [2.75, 3.05) is 26.4 Å². The summed E-state index contributed by atoms with van der Waals surface area (Å²) < 4.78 is 10.9. The van der Waals surface area contributed by atoms with Gasteiger partial charge in [0.25, 0.3) is 0 Å². The Morgan fingerprint density at radius 2 is 2.38 bits per heavy atom. The third kappa shape index (κ3) is 4.59. The van der Waals surface area contributed by atoms with Crippen LogP contribution >= 0.6 is 11.6 Å². The molecule has 0 aromatic heterocycles. The number of ether oxygens (including phenoxy) is 2. The number of amides is 1. The smallest absolute Gasteiger partial charge is 0.226 e. The maximum atomic E-state index is 12.2. The molecule has 1 aromatic carbocycles. The summed E-state index contributed by atoms with van der Waals surface area (Å²) in [7, 11) is 0. The molecular formula is C15H20ClNO4. The fraction of sp³-hybridized carbons (Fsp3) is 0.533. The van der Waals surface area contributed by atoms with Gasteiger partial charge in [-0.15, -0.1) is 0 Å². The second-order valence-corrected chi connectivity index (χ2v) is 5.53. The molecule has 2 rings (SSSR count). The largest absolute Gasteiger partial charge is 0.493 e. The van der Waals surface area contributed by atoms with Gasteiger partial charge in [0.05, 0.1) is 38.4 Å². The molecule has 1 amide bonds. The summed E-state index contributed by atoms with van der Waals surface area (Å²) in [5.41, 5.74) is 0. The Bertz CT molecular complexity index is 482. The topological polar surface area (TPSA) is 59.0 Å². The van der Waals surface area contributed by atoms with Gasteiger partial charge < -0.3 is 19.5 Å². The molecule has 6 heteroatoms. The quantitative estimate of drug-likeness (QED) is 0.899. The Morgan fingerprint density at radius 1 is 1.57 bits per heavy atom. The Morgan fingerprint density at radius 3 is 3.10 bits per heavy atom. The second-order valence-electron chi connectivity index (χ2n) is 5.09. The first kappa shape index (κ1) is 16.1. The number of aliphatic hydroxyl groups excluding tert-OH is 1. The molecule has 1 fully saturated rings. The Balaban J connectivity index is 1.81. The molecule has 2 unspecified atom stereocenters. The lowest BCUT2D eigenvalue weighted by molar-refractivity contribution is -0.146. The maximum absolute atomic E-state index is 12.2. The van der Waals surface area contributed by atoms with Crippen molar-refractivity contribution in [3.8, 4) is 5.75 Å². The highest BCUT2D eigenvalue weighted by molar-refractivity contribution is 6.30. The number of carbonyl (C=O) groups is 1. The van der Waals surface area contributed by atoms with Crippen LogP contribution in [0.4, 0.5) is 0 Å². The van der Waals surface area contributed by atoms with Gasteiger partial charge in [0, 0.05) is 11.6 Å². The molecule has 0 bridgehead atoms. The zero-order chi connectivity index (χ0) is 15.2. The molecular weight excluding hydrogens is 294 g/mol. The summed E-state index contributed by atoms with van der Waals surface area (Å²) in [5.74, 6) is 0.657. The minimum atomic E-state index is -0.293. The first-order valence-corrected chi connectivity index (χ1v) is 7.38. The summed E-state index contributed by atoms with van der Waals surface area (Å²) in [6.07, 6.45) is -0.00589. The van der Waals surface area contributed by atoms with Crippen LogP contribution in [-0.4, -0.2) is 54.4 Å². The van der Waals surface area contributed by atoms with Crippen molar-refractivity contribution in [3.63, 3.8) is 0 Å². The molecule has 1 aromatic rings. The summed E-state index contributed by atoms with van der Waals surface area (Å²) >= 11 is 5.87. The van der Waals surface area contributed by atoms with Crippen LogP contribution in [0.3, 0.4) is 0 Å². The van der Waals surface area contributed by atoms with E-state index in [4.69, 9.17) is 26.2 Å². The lowest BCUT2D eigenvalue weighted by atomic mass is 10.2. The number of nitrogens with zero attached hydrogens (tertiary/aromatic N) is 1. The highest BCUT2D eigenvalue weighted by Gasteiger charge is 2.28. The zero-order valence-electron chi connectivity index (χ0n) is 12.0. The number of morpholine rings is 1. The highest BCUT2D eigenvalue weighted by atomic mass is 35.5. The van der Waals surface area contributed by atoms with E-state index in [1.165, 1.54) is 0 Å². The second kappa shape index (κ2) is 7.64. The lowest BCUT2D eigenvalue weighted by Crippen LogP contribution is -2.52. The van der Waals surface area contributed by atoms with E-state index in [-0.39, 0.29) is 31.1 Å². The van der Waals surface area contributed by atoms with Crippen LogP contribution in [0.5, 0.6) is 5.75 Å². The van der Waals surface area contributed by atoms with Crippen LogP contribution in [0.1, 0.15) is 13.3 Å². The van der Waals surface area contributed by atoms with Gasteiger partial charge in [0.2, 0.25) is 5.91 Å². The van der Waals surface area contributed by atoms with Crippen molar-refractivity contribution < 1.29 is 19.4 Å². The molecule has 1 N–H and O–H groups in total. The molecule has 5 nitrogen and oxygen atoms in total. The molecule has 2 atom stereocenters. The molecule has 0 saturated carbocycles. The van der Waals surface area contributed by atoms with Crippen molar-refractivity contribution >= 4 is 17.5 Å². The third-order valence-electron chi connectivity index (χ3n) is 3.41. The Kier molecular flexibility index (Phi) is 5.85. The average Bonchev–Trinajstić information content (AvgIpc) is 2.47. The monoisotopic (exact) mass is 313 g/mol. The van der Waals surface area contributed by atoms with E-state index in [0.29, 0.717) is 30.5 Å². The first-order valence-electron chi connectivity index (χ1n) is 7.00. The van der Waals surface area contributed by atoms with Gasteiger partial charge in [-0.2, -0.15) is 0 Å². The molecule has 1 aliphatic heterocycles. The van der Waals surface area contributed by atoms with E-state index in [1.54, 1.807) is 29.2 Å². The van der Waals surface area contributed by atoms with E-state index in [1.807, 2.05) is 6.92 Å². The summed E-state index contributed by atoms with van der Waals surface area (Å²) in [6.45, 7) is 3.03. The fourth-order valence-corrected chi connectivity index (χ4v) is 2.41. The fourth-order valence-electron chi connectivity index (χ4n) is 2.23. The SMILES string of the molecule is CC1COC(CO)CN1C(=O)CCOc1cccc(Cl)c1. The maximum Gasteiger partial charge on any atom is 0.226 e. The van der Waals surface area contributed by atoms with Crippen LogP contribution in [0.2, 0.25) is 5.02 Å². The predicted molar refractivity (Wildman–Crippen MR) is 79.6 cm³/mol. The van der Waals surface area contributed by atoms with Crippen LogP contribution in [-0.2, 0) is 9.53 Å². The predicted octanol–water partition coefficient (Wildman–Crippen LogP) is 1.72. The van der Waals surface area contributed by atoms with E-state index in [9.17, 15) is 4.79 Å². The molecule has 0 spiro atoms. The van der Waals surface area contributed by atoms with E-state index < -0.39 is 0 Å². The van der Waals surface area contributed by atoms with Crippen molar-refractivity contribution in [2.45, 2.75) is 25.5 Å². The summed E-state index contributed by atoms with van der Waals surface area (Å²) in [4.78, 5) is 14.0. The first-order chi connectivity index (χ1) is 10.1. The molecule has 1 aliphatic rings. The molecule has 21 heavy (non-hydrogen) atoms. The van der Waals surface area contributed by atoms with Gasteiger partial charge in [0.15, 0.2) is 0 Å². The normalized spacial score (nSPS) is 22.1. The Labute approximate surface area is 129 Å². The lowest BCUT2D eigenvalue weighted by Gasteiger charge is -2.37. The Hall–Kier alpha value is -1.30. The van der Waals surface area contributed by atoms with Crippen LogP contribution in [0, 0.1) is 0 Å². The van der Waals surface area contributed by atoms with Gasteiger partial charge in [-0.3, -0.25) is 4.79 Å². The highest BCUT2D eigenvalue weighted by Crippen LogP contribution is 2.18. The number of carbonyl (C=O) groups excluding carboxylic acids is 1. The number of hydrogen-bond donors (Lipinski definition) is 1. The van der Waals surface area contributed by atoms with Crippen molar-refractivity contribution in [1.29, 1.82) is 0 Å². The van der Waals surface area contributed by atoms with Crippen LogP contribution < -0.4 is 4.74 Å². The summed E-state index contributed by atoms with van der Waals surface area (Å²) in [5, 5.41) is 9.73. The molecule has 1 saturated heterocycles. The van der Waals surface area contributed by atoms with E-state index in [0.717, 1.165) is 0 Å². The molecule has 1 heterocycles. The summed E-state index contributed by atoms with van der Waals surface area (Å²) in [6, 6.07) is 7.10. The standard InChI is InChI=1S/C15H20ClNO4/c1-11-10-21-14(9-18)8-17(11)15(19)5-6-20-13-4-2-3-12(16)7-13/h2-4,7,11,14,18H,5-6,8-10H2,1H3. The minimum Gasteiger partial charge on any atom is -0.493 e. The molecule has 0 radical (unpaired) electrons. The number of halogens is 1. The third-order valence-corrected chi connectivity index (χ3v) is 3.65. The van der Waals surface area contributed by atoms with Gasteiger partial charge in [-0.05, 0) is 25.1 Å². The molecule has 116 valence electrons. The van der Waals surface area contributed by atoms with Gasteiger partial charge in [-0.1, -0.05) is 17.7 Å². The zero-order valence-corrected chi connectivity index (χ0v) is 12.8. The van der Waals surface area contributed by atoms with Crippen molar-refractivity contribution in [3.05, 3.63) is 29.3 Å². The van der Waals surface area contributed by atoms with Crippen LogP contribution in [0.25, 0.3) is 0 Å². The number of rotatable bonds is 5. The van der Waals surface area contributed by atoms with Crippen molar-refractivity contribution in [2.24, 2.45) is 0 Å². The number of hydrogen-bond acceptors (Lipinski definition) is 4. The van der Waals surface area contributed by atoms with E-state index in [2.05, 4.69) is 0 Å². The van der Waals surface area contributed by atoms with Gasteiger partial charge >= 0.3 is 0 Å². The minimum absolute atomic E-state index is 0.00581. The van der Waals surface area contributed by atoms with Gasteiger partial charge in [0.1, 0.15) is 5.75 Å².